The number of hydrogen-bond acceptors (Lipinski definition) is 3. The molecule has 0 spiro atoms. The summed E-state index contributed by atoms with van der Waals surface area (Å²) in [6.07, 6.45) is 0.613. The number of ether oxygens (including phenoxy) is 1. The summed E-state index contributed by atoms with van der Waals surface area (Å²) in [7, 11) is 1.64. The normalized spacial score (nSPS) is 15.1. The molecule has 4 heteroatoms. The Labute approximate surface area is 101 Å². The molecule has 0 aromatic heterocycles. The zero-order chi connectivity index (χ0) is 12.1. The van der Waals surface area contributed by atoms with Crippen molar-refractivity contribution in [1.29, 1.82) is 0 Å². The summed E-state index contributed by atoms with van der Waals surface area (Å²) in [5.41, 5.74) is 1.01. The highest BCUT2D eigenvalue weighted by Crippen LogP contribution is 2.17. The quantitative estimate of drug-likeness (QED) is 0.796. The Morgan fingerprint density at radius 2 is 2.24 bits per heavy atom. The highest BCUT2D eigenvalue weighted by molar-refractivity contribution is 5.76. The van der Waals surface area contributed by atoms with Gasteiger partial charge in [-0.05, 0) is 25.1 Å². The van der Waals surface area contributed by atoms with Gasteiger partial charge in [0.2, 0.25) is 5.91 Å². The van der Waals surface area contributed by atoms with E-state index in [4.69, 9.17) is 4.74 Å². The average molecular weight is 234 g/mol. The molecule has 1 saturated heterocycles. The van der Waals surface area contributed by atoms with E-state index in [1.54, 1.807) is 7.11 Å². The summed E-state index contributed by atoms with van der Waals surface area (Å²) in [6, 6.07) is 7.73. The molecule has 1 aromatic carbocycles. The summed E-state index contributed by atoms with van der Waals surface area (Å²) in [5, 5.41) is 6.08. The summed E-state index contributed by atoms with van der Waals surface area (Å²) in [5.74, 6) is 1.44. The first kappa shape index (κ1) is 11.9. The van der Waals surface area contributed by atoms with E-state index in [1.807, 2.05) is 24.3 Å². The lowest BCUT2D eigenvalue weighted by Crippen LogP contribution is -2.44. The van der Waals surface area contributed by atoms with E-state index in [0.717, 1.165) is 24.4 Å². The predicted octanol–water partition coefficient (Wildman–Crippen LogP) is 0.921. The number of para-hydroxylation sites is 1. The van der Waals surface area contributed by atoms with E-state index in [1.165, 1.54) is 0 Å². The van der Waals surface area contributed by atoms with Crippen LogP contribution in [-0.4, -0.2) is 26.1 Å². The SMILES string of the molecule is COc1ccccc1CNC(=O)CC1CNC1. The maximum atomic E-state index is 11.6. The lowest BCUT2D eigenvalue weighted by molar-refractivity contribution is -0.122. The van der Waals surface area contributed by atoms with E-state index in [9.17, 15) is 4.79 Å². The van der Waals surface area contributed by atoms with Crippen LogP contribution in [0.15, 0.2) is 24.3 Å². The van der Waals surface area contributed by atoms with Crippen LogP contribution in [0.4, 0.5) is 0 Å². The molecule has 2 rings (SSSR count). The molecule has 0 aliphatic carbocycles. The number of rotatable bonds is 5. The van der Waals surface area contributed by atoms with E-state index in [2.05, 4.69) is 10.6 Å². The summed E-state index contributed by atoms with van der Waals surface area (Å²) in [6.45, 7) is 2.45. The van der Waals surface area contributed by atoms with Gasteiger partial charge in [0.1, 0.15) is 5.75 Å². The van der Waals surface area contributed by atoms with Gasteiger partial charge in [0, 0.05) is 18.5 Å². The number of hydrogen-bond donors (Lipinski definition) is 2. The Hall–Kier alpha value is -1.55. The Morgan fingerprint density at radius 3 is 2.88 bits per heavy atom. The molecule has 1 amide bonds. The molecule has 2 N–H and O–H groups in total. The van der Waals surface area contributed by atoms with E-state index in [0.29, 0.717) is 18.9 Å². The van der Waals surface area contributed by atoms with Gasteiger partial charge in [0.25, 0.3) is 0 Å². The number of methoxy groups -OCH3 is 1. The number of benzene rings is 1. The first-order valence-electron chi connectivity index (χ1n) is 5.89. The maximum absolute atomic E-state index is 11.6. The fraction of sp³-hybridized carbons (Fsp3) is 0.462. The second-order valence-corrected chi connectivity index (χ2v) is 4.32. The highest BCUT2D eigenvalue weighted by atomic mass is 16.5. The van der Waals surface area contributed by atoms with E-state index >= 15 is 0 Å². The lowest BCUT2D eigenvalue weighted by atomic mass is 9.99. The standard InChI is InChI=1S/C13H18N2O2/c1-17-12-5-3-2-4-11(12)9-15-13(16)6-10-7-14-8-10/h2-5,10,14H,6-9H2,1H3,(H,15,16). The second kappa shape index (κ2) is 5.68. The number of amides is 1. The van der Waals surface area contributed by atoms with Crippen LogP contribution in [0.3, 0.4) is 0 Å². The molecule has 1 aromatic rings. The third-order valence-corrected chi connectivity index (χ3v) is 3.01. The van der Waals surface area contributed by atoms with Crippen LogP contribution < -0.4 is 15.4 Å². The minimum atomic E-state index is 0.113. The molecule has 0 saturated carbocycles. The fourth-order valence-corrected chi connectivity index (χ4v) is 1.87. The minimum absolute atomic E-state index is 0.113. The average Bonchev–Trinajstić information content (AvgIpc) is 2.31. The molecule has 0 atom stereocenters. The van der Waals surface area contributed by atoms with Gasteiger partial charge in [0.15, 0.2) is 0 Å². The molecule has 1 heterocycles. The molecule has 4 nitrogen and oxygen atoms in total. The monoisotopic (exact) mass is 234 g/mol. The van der Waals surface area contributed by atoms with Crippen molar-refractivity contribution >= 4 is 5.91 Å². The molecule has 17 heavy (non-hydrogen) atoms. The van der Waals surface area contributed by atoms with Gasteiger partial charge in [-0.3, -0.25) is 4.79 Å². The third-order valence-electron chi connectivity index (χ3n) is 3.01. The van der Waals surface area contributed by atoms with Gasteiger partial charge in [-0.25, -0.2) is 0 Å². The highest BCUT2D eigenvalue weighted by Gasteiger charge is 2.19. The molecule has 0 unspecified atom stereocenters. The van der Waals surface area contributed by atoms with Crippen molar-refractivity contribution in [2.75, 3.05) is 20.2 Å². The molecule has 92 valence electrons. The Kier molecular flexibility index (Phi) is 3.98. The van der Waals surface area contributed by atoms with Crippen LogP contribution >= 0.6 is 0 Å². The first-order valence-corrected chi connectivity index (χ1v) is 5.89. The van der Waals surface area contributed by atoms with E-state index in [-0.39, 0.29) is 5.91 Å². The molecular formula is C13H18N2O2. The van der Waals surface area contributed by atoms with Crippen molar-refractivity contribution in [3.8, 4) is 5.75 Å². The van der Waals surface area contributed by atoms with Crippen molar-refractivity contribution in [2.45, 2.75) is 13.0 Å². The number of carbonyl (C=O) groups is 1. The van der Waals surface area contributed by atoms with Crippen molar-refractivity contribution in [1.82, 2.24) is 10.6 Å². The summed E-state index contributed by atoms with van der Waals surface area (Å²) >= 11 is 0. The fourth-order valence-electron chi connectivity index (χ4n) is 1.87. The van der Waals surface area contributed by atoms with Gasteiger partial charge >= 0.3 is 0 Å². The predicted molar refractivity (Wildman–Crippen MR) is 65.8 cm³/mol. The Balaban J connectivity index is 1.81. The summed E-state index contributed by atoms with van der Waals surface area (Å²) in [4.78, 5) is 11.6. The maximum Gasteiger partial charge on any atom is 0.220 e. The largest absolute Gasteiger partial charge is 0.496 e. The van der Waals surface area contributed by atoms with Crippen LogP contribution in [0.2, 0.25) is 0 Å². The Bertz CT molecular complexity index is 389. The zero-order valence-electron chi connectivity index (χ0n) is 10.0. The molecular weight excluding hydrogens is 216 g/mol. The van der Waals surface area contributed by atoms with Crippen molar-refractivity contribution in [3.05, 3.63) is 29.8 Å². The van der Waals surface area contributed by atoms with Crippen LogP contribution in [-0.2, 0) is 11.3 Å². The summed E-state index contributed by atoms with van der Waals surface area (Å²) < 4.78 is 5.23. The first-order chi connectivity index (χ1) is 8.29. The number of carbonyl (C=O) groups excluding carboxylic acids is 1. The second-order valence-electron chi connectivity index (χ2n) is 4.32. The molecule has 1 aliphatic rings. The third kappa shape index (κ3) is 3.20. The van der Waals surface area contributed by atoms with Crippen LogP contribution in [0.25, 0.3) is 0 Å². The topological polar surface area (TPSA) is 50.4 Å². The Morgan fingerprint density at radius 1 is 1.47 bits per heavy atom. The van der Waals surface area contributed by atoms with Gasteiger partial charge in [-0.15, -0.1) is 0 Å². The van der Waals surface area contributed by atoms with Gasteiger partial charge < -0.3 is 15.4 Å². The van der Waals surface area contributed by atoms with Crippen LogP contribution in [0.1, 0.15) is 12.0 Å². The van der Waals surface area contributed by atoms with Crippen molar-refractivity contribution < 1.29 is 9.53 Å². The molecule has 0 bridgehead atoms. The molecule has 1 aliphatic heterocycles. The van der Waals surface area contributed by atoms with Gasteiger partial charge in [0.05, 0.1) is 7.11 Å². The van der Waals surface area contributed by atoms with Crippen LogP contribution in [0, 0.1) is 5.92 Å². The minimum Gasteiger partial charge on any atom is -0.496 e. The van der Waals surface area contributed by atoms with Gasteiger partial charge in [-0.2, -0.15) is 0 Å². The lowest BCUT2D eigenvalue weighted by Gasteiger charge is -2.26. The zero-order valence-corrected chi connectivity index (χ0v) is 10.0. The van der Waals surface area contributed by atoms with Crippen molar-refractivity contribution in [3.63, 3.8) is 0 Å². The molecule has 1 fully saturated rings. The molecule has 0 radical (unpaired) electrons. The smallest absolute Gasteiger partial charge is 0.220 e. The van der Waals surface area contributed by atoms with Crippen molar-refractivity contribution in [2.24, 2.45) is 5.92 Å². The van der Waals surface area contributed by atoms with E-state index < -0.39 is 0 Å². The van der Waals surface area contributed by atoms with Crippen LogP contribution in [0.5, 0.6) is 5.75 Å². The van der Waals surface area contributed by atoms with Gasteiger partial charge in [-0.1, -0.05) is 18.2 Å². The number of nitrogens with one attached hydrogen (secondary N) is 2.